The summed E-state index contributed by atoms with van der Waals surface area (Å²) in [5.41, 5.74) is 2.16. The molecule has 1 unspecified atom stereocenters. The van der Waals surface area contributed by atoms with Crippen molar-refractivity contribution in [1.29, 1.82) is 0 Å². The molecule has 0 aliphatic carbocycles. The van der Waals surface area contributed by atoms with Crippen LogP contribution in [0.25, 0.3) is 0 Å². The topological polar surface area (TPSA) is 58.6 Å². The van der Waals surface area contributed by atoms with Crippen LogP contribution in [-0.4, -0.2) is 45.1 Å². The lowest BCUT2D eigenvalue weighted by molar-refractivity contribution is 0.0314. The van der Waals surface area contributed by atoms with Crippen molar-refractivity contribution in [3.05, 3.63) is 23.8 Å². The fraction of sp³-hybridized carbons (Fsp3) is 0.600. The lowest BCUT2D eigenvalue weighted by Gasteiger charge is -2.34. The third-order valence-corrected chi connectivity index (χ3v) is 6.21. The van der Waals surface area contributed by atoms with E-state index in [0.717, 1.165) is 37.1 Å². The molecule has 0 saturated carbocycles. The molecular weight excluding hydrogens is 288 g/mol. The van der Waals surface area contributed by atoms with Crippen molar-refractivity contribution < 1.29 is 13.2 Å². The van der Waals surface area contributed by atoms with Crippen molar-refractivity contribution in [1.82, 2.24) is 4.31 Å². The van der Waals surface area contributed by atoms with E-state index in [1.54, 1.807) is 10.4 Å². The third kappa shape index (κ3) is 2.80. The molecule has 1 aromatic carbocycles. The van der Waals surface area contributed by atoms with Gasteiger partial charge in [-0.2, -0.15) is 4.31 Å². The highest BCUT2D eigenvalue weighted by molar-refractivity contribution is 7.89. The Bertz CT molecular complexity index is 615. The van der Waals surface area contributed by atoms with E-state index in [1.165, 1.54) is 0 Å². The van der Waals surface area contributed by atoms with E-state index in [1.807, 2.05) is 19.1 Å². The fourth-order valence-electron chi connectivity index (χ4n) is 3.02. The lowest BCUT2D eigenvalue weighted by atomic mass is 10.0. The van der Waals surface area contributed by atoms with Crippen molar-refractivity contribution in [2.24, 2.45) is 0 Å². The molecule has 1 N–H and O–H groups in total. The van der Waals surface area contributed by atoms with Gasteiger partial charge in [-0.05, 0) is 43.0 Å². The number of ether oxygens (including phenoxy) is 1. The molecule has 0 radical (unpaired) electrons. The largest absolute Gasteiger partial charge is 0.385 e. The second-order valence-electron chi connectivity index (χ2n) is 5.60. The van der Waals surface area contributed by atoms with Gasteiger partial charge in [-0.1, -0.05) is 6.92 Å². The smallest absolute Gasteiger partial charge is 0.243 e. The van der Waals surface area contributed by atoms with E-state index in [9.17, 15) is 8.42 Å². The van der Waals surface area contributed by atoms with Crippen LogP contribution in [0.4, 0.5) is 5.69 Å². The van der Waals surface area contributed by atoms with Gasteiger partial charge in [0.1, 0.15) is 0 Å². The summed E-state index contributed by atoms with van der Waals surface area (Å²) in [6.45, 7) is 4.36. The summed E-state index contributed by atoms with van der Waals surface area (Å²) in [4.78, 5) is 0.408. The lowest BCUT2D eigenvalue weighted by Crippen LogP contribution is -2.48. The van der Waals surface area contributed by atoms with Crippen LogP contribution in [0.15, 0.2) is 23.1 Å². The number of nitrogens with zero attached hydrogens (tertiary/aromatic N) is 1. The maximum absolute atomic E-state index is 12.9. The number of anilines is 1. The van der Waals surface area contributed by atoms with E-state index in [2.05, 4.69) is 5.32 Å². The van der Waals surface area contributed by atoms with E-state index in [-0.39, 0.29) is 6.04 Å². The molecular formula is C15H22N2O3S. The molecule has 21 heavy (non-hydrogen) atoms. The standard InChI is InChI=1S/C15H22N2O3S/c1-2-13-11-20-9-8-17(13)21(18,19)14-5-6-15-12(10-14)4-3-7-16-15/h5-6,10,13,16H,2-4,7-9,11H2,1H3. The number of aryl methyl sites for hydroxylation is 1. The Kier molecular flexibility index (Phi) is 4.19. The number of morpholine rings is 1. The van der Waals surface area contributed by atoms with Crippen molar-refractivity contribution in [2.75, 3.05) is 31.6 Å². The molecule has 0 spiro atoms. The van der Waals surface area contributed by atoms with Crippen LogP contribution in [0.2, 0.25) is 0 Å². The Morgan fingerprint density at radius 3 is 3.10 bits per heavy atom. The summed E-state index contributed by atoms with van der Waals surface area (Å²) in [6, 6.07) is 5.38. The van der Waals surface area contributed by atoms with Gasteiger partial charge in [-0.15, -0.1) is 0 Å². The predicted molar refractivity (Wildman–Crippen MR) is 82.0 cm³/mol. The predicted octanol–water partition coefficient (Wildman–Crippen LogP) is 1.84. The summed E-state index contributed by atoms with van der Waals surface area (Å²) >= 11 is 0. The number of sulfonamides is 1. The SMILES string of the molecule is CCC1COCCN1S(=O)(=O)c1ccc2c(c1)CCCN2. The average Bonchev–Trinajstić information content (AvgIpc) is 2.54. The van der Waals surface area contributed by atoms with Gasteiger partial charge in [-0.25, -0.2) is 8.42 Å². The Balaban J connectivity index is 1.94. The Morgan fingerprint density at radius 2 is 2.29 bits per heavy atom. The maximum atomic E-state index is 12.9. The minimum absolute atomic E-state index is 0.0575. The Morgan fingerprint density at radius 1 is 1.43 bits per heavy atom. The molecule has 2 heterocycles. The summed E-state index contributed by atoms with van der Waals surface area (Å²) in [5.74, 6) is 0. The molecule has 5 nitrogen and oxygen atoms in total. The minimum atomic E-state index is -3.43. The Hall–Kier alpha value is -1.11. The van der Waals surface area contributed by atoms with Gasteiger partial charge >= 0.3 is 0 Å². The zero-order valence-electron chi connectivity index (χ0n) is 12.3. The van der Waals surface area contributed by atoms with Crippen molar-refractivity contribution >= 4 is 15.7 Å². The summed E-state index contributed by atoms with van der Waals surface area (Å²) < 4.78 is 32.8. The molecule has 0 aromatic heterocycles. The summed E-state index contributed by atoms with van der Waals surface area (Å²) in [7, 11) is -3.43. The number of hydrogen-bond donors (Lipinski definition) is 1. The summed E-state index contributed by atoms with van der Waals surface area (Å²) in [6.07, 6.45) is 2.75. The number of fused-ring (bicyclic) bond motifs is 1. The fourth-order valence-corrected chi connectivity index (χ4v) is 4.74. The van der Waals surface area contributed by atoms with Gasteiger partial charge in [0.2, 0.25) is 10.0 Å². The van der Waals surface area contributed by atoms with Crippen LogP contribution >= 0.6 is 0 Å². The monoisotopic (exact) mass is 310 g/mol. The molecule has 1 aromatic rings. The van der Waals surface area contributed by atoms with Gasteiger partial charge in [0.25, 0.3) is 0 Å². The highest BCUT2D eigenvalue weighted by Gasteiger charge is 2.33. The first kappa shape index (κ1) is 14.8. The quantitative estimate of drug-likeness (QED) is 0.925. The molecule has 2 aliphatic rings. The second-order valence-corrected chi connectivity index (χ2v) is 7.49. The van der Waals surface area contributed by atoms with Gasteiger partial charge in [0, 0.05) is 24.8 Å². The van der Waals surface area contributed by atoms with Crippen LogP contribution in [0.1, 0.15) is 25.3 Å². The number of nitrogens with one attached hydrogen (secondary N) is 1. The zero-order chi connectivity index (χ0) is 14.9. The highest BCUT2D eigenvalue weighted by atomic mass is 32.2. The van der Waals surface area contributed by atoms with Crippen LogP contribution < -0.4 is 5.32 Å². The number of hydrogen-bond acceptors (Lipinski definition) is 4. The number of rotatable bonds is 3. The van der Waals surface area contributed by atoms with Gasteiger partial charge in [0.15, 0.2) is 0 Å². The first-order valence-electron chi connectivity index (χ1n) is 7.59. The molecule has 1 saturated heterocycles. The molecule has 3 rings (SSSR count). The van der Waals surface area contributed by atoms with Crippen LogP contribution in [-0.2, 0) is 21.2 Å². The van der Waals surface area contributed by atoms with Crippen LogP contribution in [0.3, 0.4) is 0 Å². The average molecular weight is 310 g/mol. The van der Waals surface area contributed by atoms with Gasteiger partial charge in [-0.3, -0.25) is 0 Å². The Labute approximate surface area is 126 Å². The highest BCUT2D eigenvalue weighted by Crippen LogP contribution is 2.28. The van der Waals surface area contributed by atoms with Crippen LogP contribution in [0, 0.1) is 0 Å². The minimum Gasteiger partial charge on any atom is -0.385 e. The van der Waals surface area contributed by atoms with E-state index in [0.29, 0.717) is 24.7 Å². The van der Waals surface area contributed by atoms with E-state index >= 15 is 0 Å². The first-order chi connectivity index (χ1) is 10.1. The van der Waals surface area contributed by atoms with Gasteiger partial charge < -0.3 is 10.1 Å². The molecule has 0 amide bonds. The van der Waals surface area contributed by atoms with E-state index in [4.69, 9.17) is 4.74 Å². The molecule has 2 aliphatic heterocycles. The molecule has 116 valence electrons. The first-order valence-corrected chi connectivity index (χ1v) is 9.03. The molecule has 1 atom stereocenters. The normalized spacial score (nSPS) is 23.4. The third-order valence-electron chi connectivity index (χ3n) is 4.27. The van der Waals surface area contributed by atoms with Crippen molar-refractivity contribution in [3.8, 4) is 0 Å². The maximum Gasteiger partial charge on any atom is 0.243 e. The van der Waals surface area contributed by atoms with Crippen LogP contribution in [0.5, 0.6) is 0 Å². The zero-order valence-corrected chi connectivity index (χ0v) is 13.2. The molecule has 6 heteroatoms. The summed E-state index contributed by atoms with van der Waals surface area (Å²) in [5, 5.41) is 3.31. The van der Waals surface area contributed by atoms with Crippen molar-refractivity contribution in [3.63, 3.8) is 0 Å². The number of benzene rings is 1. The van der Waals surface area contributed by atoms with Gasteiger partial charge in [0.05, 0.1) is 18.1 Å². The van der Waals surface area contributed by atoms with Crippen molar-refractivity contribution in [2.45, 2.75) is 37.1 Å². The molecule has 0 bridgehead atoms. The second kappa shape index (κ2) is 5.94. The molecule has 1 fully saturated rings. The van der Waals surface area contributed by atoms with E-state index < -0.39 is 10.0 Å².